The number of alkyl carbamates (subject to hydrolysis) is 1. The lowest BCUT2D eigenvalue weighted by Gasteiger charge is -2.22. The van der Waals surface area contributed by atoms with Gasteiger partial charge in [-0.1, -0.05) is 17.3 Å². The van der Waals surface area contributed by atoms with E-state index in [2.05, 4.69) is 31.6 Å². The summed E-state index contributed by atoms with van der Waals surface area (Å²) < 4.78 is 12.7. The fraction of sp³-hybridized carbons (Fsp3) is 0.500. The summed E-state index contributed by atoms with van der Waals surface area (Å²) in [6, 6.07) is 6.21. The minimum Gasteiger partial charge on any atom is -0.493 e. The molecule has 168 valence electrons. The van der Waals surface area contributed by atoms with Crippen molar-refractivity contribution in [3.8, 4) is 5.75 Å². The van der Waals surface area contributed by atoms with E-state index < -0.39 is 11.7 Å². The molecule has 2 aromatic heterocycles. The Bertz CT molecular complexity index is 1150. The van der Waals surface area contributed by atoms with Gasteiger partial charge >= 0.3 is 6.09 Å². The molecule has 32 heavy (non-hydrogen) atoms. The van der Waals surface area contributed by atoms with Crippen LogP contribution in [0.25, 0.3) is 11.3 Å². The average Bonchev–Trinajstić information content (AvgIpc) is 3.46. The molecule has 1 saturated heterocycles. The largest absolute Gasteiger partial charge is 0.493 e. The van der Waals surface area contributed by atoms with Crippen molar-refractivity contribution in [2.75, 3.05) is 24.6 Å². The van der Waals surface area contributed by atoms with Crippen LogP contribution in [0.15, 0.2) is 24.4 Å². The molecule has 4 heterocycles. The SMILES string of the molecule is CC(C)(C)OC(=O)NC1CCN(c2cnc3nnn(Cc4ccc5c(c4)CCO5)c3n2)C1. The minimum atomic E-state index is -0.518. The zero-order valence-corrected chi connectivity index (χ0v) is 18.5. The number of fused-ring (bicyclic) bond motifs is 2. The molecule has 0 bridgehead atoms. The predicted octanol–water partition coefficient (Wildman–Crippen LogP) is 2.31. The normalized spacial score (nSPS) is 18.0. The molecule has 0 aliphatic carbocycles. The molecular weight excluding hydrogens is 410 g/mol. The van der Waals surface area contributed by atoms with Gasteiger partial charge in [-0.25, -0.2) is 19.4 Å². The summed E-state index contributed by atoms with van der Waals surface area (Å²) in [6.45, 7) is 8.27. The third-order valence-corrected chi connectivity index (χ3v) is 5.53. The summed E-state index contributed by atoms with van der Waals surface area (Å²) in [5.41, 5.74) is 2.98. The van der Waals surface area contributed by atoms with Crippen LogP contribution in [0.4, 0.5) is 10.6 Å². The van der Waals surface area contributed by atoms with Crippen molar-refractivity contribution >= 4 is 23.2 Å². The number of hydrogen-bond donors (Lipinski definition) is 1. The number of ether oxygens (including phenoxy) is 2. The first-order valence-corrected chi connectivity index (χ1v) is 10.9. The Balaban J connectivity index is 1.29. The maximum Gasteiger partial charge on any atom is 0.407 e. The summed E-state index contributed by atoms with van der Waals surface area (Å²) in [7, 11) is 0. The highest BCUT2D eigenvalue weighted by Crippen LogP contribution is 2.26. The van der Waals surface area contributed by atoms with Crippen molar-refractivity contribution in [2.45, 2.75) is 51.8 Å². The molecule has 1 atom stereocenters. The molecule has 10 nitrogen and oxygen atoms in total. The lowest BCUT2D eigenvalue weighted by Crippen LogP contribution is -2.40. The summed E-state index contributed by atoms with van der Waals surface area (Å²) >= 11 is 0. The maximum absolute atomic E-state index is 12.1. The second kappa shape index (κ2) is 7.92. The van der Waals surface area contributed by atoms with E-state index in [1.807, 2.05) is 32.9 Å². The molecule has 2 aliphatic heterocycles. The topological polar surface area (TPSA) is 107 Å². The average molecular weight is 438 g/mol. The number of anilines is 1. The Kier molecular flexibility index (Phi) is 5.07. The van der Waals surface area contributed by atoms with E-state index in [1.54, 1.807) is 10.9 Å². The summed E-state index contributed by atoms with van der Waals surface area (Å²) in [4.78, 5) is 23.4. The van der Waals surface area contributed by atoms with E-state index in [0.717, 1.165) is 43.1 Å². The van der Waals surface area contributed by atoms with E-state index in [0.29, 0.717) is 24.4 Å². The van der Waals surface area contributed by atoms with Crippen LogP contribution in [-0.2, 0) is 17.7 Å². The zero-order valence-electron chi connectivity index (χ0n) is 18.5. The van der Waals surface area contributed by atoms with Crippen molar-refractivity contribution < 1.29 is 14.3 Å². The lowest BCUT2D eigenvalue weighted by molar-refractivity contribution is 0.0509. The van der Waals surface area contributed by atoms with Crippen LogP contribution in [0, 0.1) is 0 Å². The number of nitrogens with one attached hydrogen (secondary N) is 1. The number of carbonyl (C=O) groups is 1. The van der Waals surface area contributed by atoms with Crippen molar-refractivity contribution in [2.24, 2.45) is 0 Å². The van der Waals surface area contributed by atoms with Crippen LogP contribution in [0.3, 0.4) is 0 Å². The number of hydrogen-bond acceptors (Lipinski definition) is 8. The molecule has 1 fully saturated rings. The Morgan fingerprint density at radius 3 is 3.06 bits per heavy atom. The summed E-state index contributed by atoms with van der Waals surface area (Å²) in [6.07, 6.45) is 3.06. The van der Waals surface area contributed by atoms with E-state index in [9.17, 15) is 4.79 Å². The second-order valence-corrected chi connectivity index (χ2v) is 9.24. The second-order valence-electron chi connectivity index (χ2n) is 9.24. The van der Waals surface area contributed by atoms with E-state index in [4.69, 9.17) is 14.5 Å². The van der Waals surface area contributed by atoms with Gasteiger partial charge in [-0.05, 0) is 44.4 Å². The Labute approximate surface area is 185 Å². The van der Waals surface area contributed by atoms with Gasteiger partial charge in [-0.15, -0.1) is 5.10 Å². The van der Waals surface area contributed by atoms with Gasteiger partial charge in [-0.3, -0.25) is 0 Å². The highest BCUT2D eigenvalue weighted by Gasteiger charge is 2.27. The molecule has 1 N–H and O–H groups in total. The third kappa shape index (κ3) is 4.30. The van der Waals surface area contributed by atoms with Gasteiger partial charge in [0.2, 0.25) is 5.65 Å². The first-order valence-electron chi connectivity index (χ1n) is 10.9. The van der Waals surface area contributed by atoms with Crippen LogP contribution in [0.2, 0.25) is 0 Å². The molecule has 1 amide bonds. The first kappa shape index (κ1) is 20.5. The maximum atomic E-state index is 12.1. The van der Waals surface area contributed by atoms with E-state index >= 15 is 0 Å². The number of rotatable bonds is 4. The molecule has 1 unspecified atom stereocenters. The van der Waals surface area contributed by atoms with Crippen molar-refractivity contribution in [1.82, 2.24) is 30.3 Å². The predicted molar refractivity (Wildman–Crippen MR) is 118 cm³/mol. The smallest absolute Gasteiger partial charge is 0.407 e. The number of nitrogens with zero attached hydrogens (tertiary/aromatic N) is 6. The van der Waals surface area contributed by atoms with E-state index in [-0.39, 0.29) is 6.04 Å². The van der Waals surface area contributed by atoms with Crippen LogP contribution in [-0.4, -0.2) is 62.4 Å². The third-order valence-electron chi connectivity index (χ3n) is 5.53. The van der Waals surface area contributed by atoms with Gasteiger partial charge in [0.25, 0.3) is 0 Å². The molecule has 5 rings (SSSR count). The molecule has 3 aromatic rings. The molecule has 0 spiro atoms. The minimum absolute atomic E-state index is 0.000912. The standard InChI is InChI=1S/C22H27N7O3/c1-22(2,3)32-21(30)24-16-6-8-28(13-16)18-11-23-19-20(25-18)29(27-26-19)12-14-4-5-17-15(10-14)7-9-31-17/h4-5,10-11,16H,6-9,12-13H2,1-3H3,(H,24,30). The van der Waals surface area contributed by atoms with Gasteiger partial charge in [0, 0.05) is 19.5 Å². The molecule has 0 saturated carbocycles. The van der Waals surface area contributed by atoms with Gasteiger partial charge in [0.1, 0.15) is 17.2 Å². The molecule has 1 aromatic carbocycles. The molecule has 0 radical (unpaired) electrons. The summed E-state index contributed by atoms with van der Waals surface area (Å²) in [5.74, 6) is 1.71. The molecular formula is C22H27N7O3. The van der Waals surface area contributed by atoms with Crippen molar-refractivity contribution in [1.29, 1.82) is 0 Å². The van der Waals surface area contributed by atoms with Crippen LogP contribution in [0.5, 0.6) is 5.75 Å². The highest BCUT2D eigenvalue weighted by atomic mass is 16.6. The fourth-order valence-electron chi connectivity index (χ4n) is 4.08. The number of amides is 1. The van der Waals surface area contributed by atoms with Gasteiger partial charge < -0.3 is 19.7 Å². The lowest BCUT2D eigenvalue weighted by atomic mass is 10.1. The number of aromatic nitrogens is 5. The van der Waals surface area contributed by atoms with Crippen molar-refractivity contribution in [3.05, 3.63) is 35.5 Å². The Hall–Kier alpha value is -3.43. The summed E-state index contributed by atoms with van der Waals surface area (Å²) in [5, 5.41) is 11.4. The quantitative estimate of drug-likeness (QED) is 0.663. The zero-order chi connectivity index (χ0) is 22.3. The van der Waals surface area contributed by atoms with E-state index in [1.165, 1.54) is 5.56 Å². The highest BCUT2D eigenvalue weighted by molar-refractivity contribution is 5.69. The Morgan fingerprint density at radius 1 is 1.34 bits per heavy atom. The van der Waals surface area contributed by atoms with Crippen molar-refractivity contribution in [3.63, 3.8) is 0 Å². The van der Waals surface area contributed by atoms with Gasteiger partial charge in [0.05, 0.1) is 25.4 Å². The van der Waals surface area contributed by atoms with Crippen LogP contribution in [0.1, 0.15) is 38.3 Å². The van der Waals surface area contributed by atoms with Crippen LogP contribution >= 0.6 is 0 Å². The number of carbonyl (C=O) groups excluding carboxylic acids is 1. The monoisotopic (exact) mass is 437 g/mol. The molecule has 2 aliphatic rings. The van der Waals surface area contributed by atoms with Crippen LogP contribution < -0.4 is 15.0 Å². The van der Waals surface area contributed by atoms with Gasteiger partial charge in [-0.2, -0.15) is 0 Å². The number of benzene rings is 1. The van der Waals surface area contributed by atoms with Gasteiger partial charge in [0.15, 0.2) is 5.65 Å². The molecule has 10 heteroatoms. The fourth-order valence-corrected chi connectivity index (χ4v) is 4.08. The first-order chi connectivity index (χ1) is 15.3. The Morgan fingerprint density at radius 2 is 2.22 bits per heavy atom.